The summed E-state index contributed by atoms with van der Waals surface area (Å²) in [6.07, 6.45) is 5.42. The molecule has 0 saturated carbocycles. The zero-order valence-corrected chi connectivity index (χ0v) is 15.5. The molecule has 1 fully saturated rings. The topological polar surface area (TPSA) is 62.3 Å². The second kappa shape index (κ2) is 8.75. The molecule has 5 nitrogen and oxygen atoms in total. The van der Waals surface area contributed by atoms with E-state index in [0.717, 1.165) is 18.4 Å². The van der Waals surface area contributed by atoms with Crippen LogP contribution >= 0.6 is 0 Å². The average molecular weight is 369 g/mol. The van der Waals surface area contributed by atoms with Crippen LogP contribution in [0.2, 0.25) is 0 Å². The summed E-state index contributed by atoms with van der Waals surface area (Å²) in [7, 11) is 0. The van der Waals surface area contributed by atoms with E-state index < -0.39 is 5.82 Å². The summed E-state index contributed by atoms with van der Waals surface area (Å²) in [5.41, 5.74) is 1.65. The predicted octanol–water partition coefficient (Wildman–Crippen LogP) is 2.74. The maximum atomic E-state index is 13.9. The van der Waals surface area contributed by atoms with Gasteiger partial charge in [-0.1, -0.05) is 18.2 Å². The van der Waals surface area contributed by atoms with Crippen molar-refractivity contribution in [2.24, 2.45) is 5.92 Å². The van der Waals surface area contributed by atoms with Crippen LogP contribution in [0.4, 0.5) is 4.39 Å². The molecular weight excluding hydrogens is 345 g/mol. The number of pyridine rings is 1. The van der Waals surface area contributed by atoms with Crippen LogP contribution in [0.3, 0.4) is 0 Å². The highest BCUT2D eigenvalue weighted by atomic mass is 19.1. The van der Waals surface area contributed by atoms with Crippen molar-refractivity contribution in [1.29, 1.82) is 0 Å². The van der Waals surface area contributed by atoms with Gasteiger partial charge in [-0.05, 0) is 48.9 Å². The minimum Gasteiger partial charge on any atom is -0.352 e. The van der Waals surface area contributed by atoms with Crippen LogP contribution in [-0.4, -0.2) is 41.3 Å². The van der Waals surface area contributed by atoms with Gasteiger partial charge in [0, 0.05) is 32.0 Å². The number of benzene rings is 1. The van der Waals surface area contributed by atoms with Gasteiger partial charge in [-0.15, -0.1) is 0 Å². The molecular formula is C21H24FN3O2. The number of nitrogens with one attached hydrogen (secondary N) is 1. The van der Waals surface area contributed by atoms with E-state index >= 15 is 0 Å². The molecule has 0 aliphatic carbocycles. The molecule has 1 aliphatic rings. The lowest BCUT2D eigenvalue weighted by atomic mass is 9.96. The van der Waals surface area contributed by atoms with E-state index in [9.17, 15) is 14.0 Å². The van der Waals surface area contributed by atoms with Crippen molar-refractivity contribution in [3.63, 3.8) is 0 Å². The highest BCUT2D eigenvalue weighted by molar-refractivity contribution is 5.95. The molecule has 1 aliphatic heterocycles. The Morgan fingerprint density at radius 3 is 2.67 bits per heavy atom. The van der Waals surface area contributed by atoms with Crippen molar-refractivity contribution in [3.8, 4) is 0 Å². The van der Waals surface area contributed by atoms with Crippen LogP contribution in [-0.2, 0) is 11.2 Å². The Morgan fingerprint density at radius 2 is 2.00 bits per heavy atom. The summed E-state index contributed by atoms with van der Waals surface area (Å²) in [6.45, 7) is 3.58. The number of hydrogen-bond donors (Lipinski definition) is 1. The third-order valence-corrected chi connectivity index (χ3v) is 5.05. The normalized spacial score (nSPS) is 14.8. The fourth-order valence-corrected chi connectivity index (χ4v) is 3.42. The third kappa shape index (κ3) is 4.90. The van der Waals surface area contributed by atoms with E-state index in [2.05, 4.69) is 10.3 Å². The molecule has 0 unspecified atom stereocenters. The number of halogens is 1. The lowest BCUT2D eigenvalue weighted by Crippen LogP contribution is -2.42. The van der Waals surface area contributed by atoms with Gasteiger partial charge in [0.15, 0.2) is 0 Å². The van der Waals surface area contributed by atoms with Gasteiger partial charge in [0.1, 0.15) is 5.82 Å². The fourth-order valence-electron chi connectivity index (χ4n) is 3.42. The summed E-state index contributed by atoms with van der Waals surface area (Å²) in [5.74, 6) is -0.472. The maximum absolute atomic E-state index is 13.9. The van der Waals surface area contributed by atoms with Gasteiger partial charge in [0.2, 0.25) is 5.91 Å². The van der Waals surface area contributed by atoms with E-state index in [1.54, 1.807) is 31.5 Å². The molecule has 2 aromatic rings. The quantitative estimate of drug-likeness (QED) is 0.882. The van der Waals surface area contributed by atoms with Crippen LogP contribution in [0.1, 0.15) is 34.3 Å². The first-order chi connectivity index (χ1) is 13.0. The van der Waals surface area contributed by atoms with Crippen molar-refractivity contribution < 1.29 is 14.0 Å². The fraction of sp³-hybridized carbons (Fsp3) is 0.381. The summed E-state index contributed by atoms with van der Waals surface area (Å²) in [5, 5.41) is 2.84. The van der Waals surface area contributed by atoms with Gasteiger partial charge in [0.05, 0.1) is 12.0 Å². The zero-order valence-electron chi connectivity index (χ0n) is 15.5. The molecule has 2 heterocycles. The number of piperidine rings is 1. The van der Waals surface area contributed by atoms with Gasteiger partial charge in [-0.25, -0.2) is 4.39 Å². The molecule has 2 amide bonds. The largest absolute Gasteiger partial charge is 0.352 e. The number of hydrogen-bond acceptors (Lipinski definition) is 3. The number of rotatable bonds is 5. The minimum atomic E-state index is -0.497. The van der Waals surface area contributed by atoms with E-state index in [1.165, 1.54) is 6.07 Å². The molecule has 0 radical (unpaired) electrons. The first kappa shape index (κ1) is 19.0. The maximum Gasteiger partial charge on any atom is 0.254 e. The average Bonchev–Trinajstić information content (AvgIpc) is 2.67. The van der Waals surface area contributed by atoms with Gasteiger partial charge < -0.3 is 10.2 Å². The molecule has 1 aromatic carbocycles. The summed E-state index contributed by atoms with van der Waals surface area (Å²) in [6, 6.07) is 8.35. The molecule has 142 valence electrons. The first-order valence-electron chi connectivity index (χ1n) is 9.24. The monoisotopic (exact) mass is 369 g/mol. The van der Waals surface area contributed by atoms with Crippen LogP contribution in [0.15, 0.2) is 42.7 Å². The smallest absolute Gasteiger partial charge is 0.254 e. The van der Waals surface area contributed by atoms with Crippen molar-refractivity contribution in [2.45, 2.75) is 26.2 Å². The van der Waals surface area contributed by atoms with Crippen molar-refractivity contribution >= 4 is 11.8 Å². The first-order valence-corrected chi connectivity index (χ1v) is 9.24. The Hall–Kier alpha value is -2.76. The zero-order chi connectivity index (χ0) is 19.2. The summed E-state index contributed by atoms with van der Waals surface area (Å²) >= 11 is 0. The van der Waals surface area contributed by atoms with E-state index in [0.29, 0.717) is 37.5 Å². The van der Waals surface area contributed by atoms with Gasteiger partial charge >= 0.3 is 0 Å². The highest BCUT2D eigenvalue weighted by Crippen LogP contribution is 2.18. The number of amides is 2. The molecule has 0 atom stereocenters. The van der Waals surface area contributed by atoms with E-state index in [1.807, 2.05) is 17.0 Å². The van der Waals surface area contributed by atoms with Gasteiger partial charge in [-0.2, -0.15) is 0 Å². The Labute approximate surface area is 158 Å². The Bertz CT molecular complexity index is 782. The third-order valence-electron chi connectivity index (χ3n) is 5.05. The van der Waals surface area contributed by atoms with Crippen LogP contribution in [0.25, 0.3) is 0 Å². The minimum absolute atomic E-state index is 0.104. The summed E-state index contributed by atoms with van der Waals surface area (Å²) in [4.78, 5) is 30.6. The molecule has 27 heavy (non-hydrogen) atoms. The second-order valence-corrected chi connectivity index (χ2v) is 7.00. The van der Waals surface area contributed by atoms with Crippen LogP contribution < -0.4 is 5.32 Å². The predicted molar refractivity (Wildman–Crippen MR) is 101 cm³/mol. The Kier molecular flexibility index (Phi) is 6.16. The Balaban J connectivity index is 1.46. The lowest BCUT2D eigenvalue weighted by molar-refractivity contribution is -0.131. The van der Waals surface area contributed by atoms with E-state index in [4.69, 9.17) is 0 Å². The highest BCUT2D eigenvalue weighted by Gasteiger charge is 2.24. The van der Waals surface area contributed by atoms with Crippen molar-refractivity contribution in [1.82, 2.24) is 15.2 Å². The number of likely N-dealkylation sites (tertiary alicyclic amines) is 1. The van der Waals surface area contributed by atoms with Crippen LogP contribution in [0, 0.1) is 18.7 Å². The van der Waals surface area contributed by atoms with Crippen LogP contribution in [0.5, 0.6) is 0 Å². The van der Waals surface area contributed by atoms with E-state index in [-0.39, 0.29) is 17.4 Å². The number of carbonyl (C=O) groups is 2. The molecule has 3 rings (SSSR count). The number of carbonyl (C=O) groups excluding carboxylic acids is 2. The Morgan fingerprint density at radius 1 is 1.22 bits per heavy atom. The van der Waals surface area contributed by atoms with Crippen molar-refractivity contribution in [2.75, 3.05) is 19.6 Å². The second-order valence-electron chi connectivity index (χ2n) is 7.00. The lowest BCUT2D eigenvalue weighted by Gasteiger charge is -2.32. The SMILES string of the molecule is Cc1cccc(F)c1C(=O)NCC1CCN(C(=O)Cc2cccnc2)CC1. The van der Waals surface area contributed by atoms with Gasteiger partial charge in [0.25, 0.3) is 5.91 Å². The molecule has 1 N–H and O–H groups in total. The molecule has 1 saturated heterocycles. The summed E-state index contributed by atoms with van der Waals surface area (Å²) < 4.78 is 13.9. The number of aryl methyl sites for hydroxylation is 1. The standard InChI is InChI=1S/C21H24FN3O2/c1-15-4-2-6-18(22)20(15)21(27)24-14-16-7-10-25(11-8-16)19(26)12-17-5-3-9-23-13-17/h2-6,9,13,16H,7-8,10-12,14H2,1H3,(H,24,27). The molecule has 0 spiro atoms. The number of aromatic nitrogens is 1. The van der Waals surface area contributed by atoms with Gasteiger partial charge in [-0.3, -0.25) is 14.6 Å². The molecule has 6 heteroatoms. The molecule has 0 bridgehead atoms. The number of nitrogens with zero attached hydrogens (tertiary/aromatic N) is 2. The molecule has 1 aromatic heterocycles. The van der Waals surface area contributed by atoms with Crippen molar-refractivity contribution in [3.05, 3.63) is 65.2 Å².